The van der Waals surface area contributed by atoms with Crippen LogP contribution in [0.4, 0.5) is 0 Å². The van der Waals surface area contributed by atoms with Gasteiger partial charge in [0, 0.05) is 0 Å². The van der Waals surface area contributed by atoms with Gasteiger partial charge in [0.1, 0.15) is 5.92 Å². The molecule has 0 aromatic carbocycles. The van der Waals surface area contributed by atoms with E-state index < -0.39 is 17.8 Å². The van der Waals surface area contributed by atoms with E-state index in [0.717, 1.165) is 0 Å². The van der Waals surface area contributed by atoms with Gasteiger partial charge in [-0.3, -0.25) is 9.59 Å². The highest BCUT2D eigenvalue weighted by Crippen LogP contribution is 2.14. The maximum atomic E-state index is 11.4. The van der Waals surface area contributed by atoms with Crippen molar-refractivity contribution in [2.75, 3.05) is 6.61 Å². The van der Waals surface area contributed by atoms with E-state index in [0.29, 0.717) is 6.42 Å². The summed E-state index contributed by atoms with van der Waals surface area (Å²) in [5, 5.41) is 0. The van der Waals surface area contributed by atoms with Crippen molar-refractivity contribution in [1.82, 2.24) is 4.72 Å². The normalized spacial score (nSPS) is 12.4. The van der Waals surface area contributed by atoms with Gasteiger partial charge in [0.15, 0.2) is 0 Å². The Balaban J connectivity index is 4.38. The summed E-state index contributed by atoms with van der Waals surface area (Å²) >= 11 is 3.63. The lowest BCUT2D eigenvalue weighted by Crippen LogP contribution is -2.33. The van der Waals surface area contributed by atoms with Gasteiger partial charge in [-0.25, -0.2) is 0 Å². The molecular formula is C9H17NO3S. The second kappa shape index (κ2) is 6.70. The fraction of sp³-hybridized carbons (Fsp3) is 0.778. The van der Waals surface area contributed by atoms with E-state index in [-0.39, 0.29) is 12.5 Å². The smallest absolute Gasteiger partial charge is 0.318 e. The van der Waals surface area contributed by atoms with Crippen molar-refractivity contribution in [2.45, 2.75) is 27.2 Å². The zero-order chi connectivity index (χ0) is 11.1. The number of amides is 1. The minimum atomic E-state index is -0.743. The minimum Gasteiger partial charge on any atom is -0.465 e. The topological polar surface area (TPSA) is 55.4 Å². The Kier molecular flexibility index (Phi) is 6.36. The van der Waals surface area contributed by atoms with Gasteiger partial charge in [0.05, 0.1) is 6.61 Å². The molecule has 0 aromatic heterocycles. The van der Waals surface area contributed by atoms with Crippen LogP contribution in [0.25, 0.3) is 0 Å². The van der Waals surface area contributed by atoms with Crippen LogP contribution in [-0.2, 0) is 14.3 Å². The zero-order valence-corrected chi connectivity index (χ0v) is 9.64. The number of carbonyl (C=O) groups excluding carboxylic acids is 2. The van der Waals surface area contributed by atoms with Crippen molar-refractivity contribution in [3.63, 3.8) is 0 Å². The van der Waals surface area contributed by atoms with Crippen LogP contribution < -0.4 is 4.72 Å². The van der Waals surface area contributed by atoms with Gasteiger partial charge in [0.25, 0.3) is 0 Å². The first-order valence-corrected chi connectivity index (χ1v) is 5.08. The van der Waals surface area contributed by atoms with Crippen molar-refractivity contribution >= 4 is 24.7 Å². The molecule has 1 atom stereocenters. The average Bonchev–Trinajstić information content (AvgIpc) is 2.13. The highest BCUT2D eigenvalue weighted by molar-refractivity contribution is 7.78. The maximum absolute atomic E-state index is 11.4. The molecule has 0 spiro atoms. The number of hydrogen-bond donors (Lipinski definition) is 2. The molecule has 0 rings (SSSR count). The Labute approximate surface area is 89.9 Å². The first kappa shape index (κ1) is 13.3. The van der Waals surface area contributed by atoms with Crippen LogP contribution in [0, 0.1) is 11.8 Å². The zero-order valence-electron chi connectivity index (χ0n) is 8.74. The first-order chi connectivity index (χ1) is 6.52. The quantitative estimate of drug-likeness (QED) is 0.414. The van der Waals surface area contributed by atoms with Crippen LogP contribution in [0.1, 0.15) is 27.2 Å². The second-order valence-electron chi connectivity index (χ2n) is 3.41. The van der Waals surface area contributed by atoms with Gasteiger partial charge in [-0.1, -0.05) is 26.7 Å². The molecule has 1 N–H and O–H groups in total. The molecule has 0 fully saturated rings. The monoisotopic (exact) mass is 219 g/mol. The summed E-state index contributed by atoms with van der Waals surface area (Å²) in [6, 6.07) is 0. The Morgan fingerprint density at radius 3 is 2.36 bits per heavy atom. The van der Waals surface area contributed by atoms with Gasteiger partial charge < -0.3 is 9.46 Å². The van der Waals surface area contributed by atoms with E-state index in [1.165, 1.54) is 0 Å². The predicted molar refractivity (Wildman–Crippen MR) is 56.7 cm³/mol. The Morgan fingerprint density at radius 2 is 2.00 bits per heavy atom. The fourth-order valence-electron chi connectivity index (χ4n) is 1.10. The van der Waals surface area contributed by atoms with Crippen molar-refractivity contribution in [2.24, 2.45) is 11.8 Å². The molecule has 4 nitrogen and oxygen atoms in total. The lowest BCUT2D eigenvalue weighted by molar-refractivity contribution is -0.152. The van der Waals surface area contributed by atoms with Crippen LogP contribution in [0.2, 0.25) is 0 Å². The lowest BCUT2D eigenvalue weighted by Gasteiger charge is -2.15. The molecule has 0 aliphatic rings. The summed E-state index contributed by atoms with van der Waals surface area (Å²) in [6.45, 7) is 5.88. The maximum Gasteiger partial charge on any atom is 0.318 e. The Hall–Kier alpha value is -0.710. The van der Waals surface area contributed by atoms with Crippen molar-refractivity contribution in [3.05, 3.63) is 0 Å². The third kappa shape index (κ3) is 4.50. The van der Waals surface area contributed by atoms with Crippen LogP contribution in [-0.4, -0.2) is 18.5 Å². The molecule has 0 radical (unpaired) electrons. The molecule has 0 aliphatic carbocycles. The number of thiol groups is 1. The molecular weight excluding hydrogens is 202 g/mol. The molecule has 1 amide bonds. The van der Waals surface area contributed by atoms with Crippen molar-refractivity contribution in [3.8, 4) is 0 Å². The number of nitrogens with one attached hydrogen (secondary N) is 1. The molecule has 0 heterocycles. The summed E-state index contributed by atoms with van der Waals surface area (Å²) in [7, 11) is 0. The van der Waals surface area contributed by atoms with Crippen LogP contribution in [0.15, 0.2) is 0 Å². The first-order valence-electron chi connectivity index (χ1n) is 4.63. The molecule has 82 valence electrons. The van der Waals surface area contributed by atoms with Gasteiger partial charge in [-0.05, 0) is 19.3 Å². The SMILES string of the molecule is CCOC(=O)C(CC(C)C)C(=O)NS. The molecule has 0 bridgehead atoms. The van der Waals surface area contributed by atoms with Crippen LogP contribution in [0.5, 0.6) is 0 Å². The molecule has 14 heavy (non-hydrogen) atoms. The predicted octanol–water partition coefficient (Wildman–Crippen LogP) is 1.17. The van der Waals surface area contributed by atoms with E-state index in [2.05, 4.69) is 17.5 Å². The summed E-state index contributed by atoms with van der Waals surface area (Å²) in [6.07, 6.45) is 0.477. The second-order valence-corrected chi connectivity index (χ2v) is 3.63. The summed E-state index contributed by atoms with van der Waals surface area (Å²) in [5.41, 5.74) is 0. The van der Waals surface area contributed by atoms with Crippen molar-refractivity contribution < 1.29 is 14.3 Å². The molecule has 0 saturated carbocycles. The van der Waals surface area contributed by atoms with E-state index in [1.807, 2.05) is 13.8 Å². The minimum absolute atomic E-state index is 0.259. The number of hydrogen-bond acceptors (Lipinski definition) is 4. The summed E-state index contributed by atoms with van der Waals surface area (Å²) in [4.78, 5) is 22.6. The Bertz CT molecular complexity index is 206. The summed E-state index contributed by atoms with van der Waals surface area (Å²) < 4.78 is 6.96. The van der Waals surface area contributed by atoms with E-state index >= 15 is 0 Å². The molecule has 0 saturated heterocycles. The number of esters is 1. The van der Waals surface area contributed by atoms with Crippen LogP contribution >= 0.6 is 12.8 Å². The molecule has 0 aliphatic heterocycles. The third-order valence-electron chi connectivity index (χ3n) is 1.70. The number of carbonyl (C=O) groups is 2. The highest BCUT2D eigenvalue weighted by Gasteiger charge is 2.27. The van der Waals surface area contributed by atoms with Gasteiger partial charge >= 0.3 is 5.97 Å². The number of ether oxygens (including phenoxy) is 1. The highest BCUT2D eigenvalue weighted by atomic mass is 32.1. The summed E-state index contributed by atoms with van der Waals surface area (Å²) in [5.74, 6) is -1.37. The van der Waals surface area contributed by atoms with E-state index in [1.54, 1.807) is 6.92 Å². The standard InChI is InChI=1S/C9H17NO3S/c1-4-13-9(12)7(5-6(2)3)8(11)10-14/h6-7,14H,4-5H2,1-3H3,(H,10,11). The van der Waals surface area contributed by atoms with E-state index in [9.17, 15) is 9.59 Å². The van der Waals surface area contributed by atoms with Gasteiger partial charge in [0.2, 0.25) is 5.91 Å². The molecule has 5 heteroatoms. The van der Waals surface area contributed by atoms with Crippen LogP contribution in [0.3, 0.4) is 0 Å². The molecule has 0 aromatic rings. The number of rotatable bonds is 5. The van der Waals surface area contributed by atoms with E-state index in [4.69, 9.17) is 4.74 Å². The van der Waals surface area contributed by atoms with Crippen molar-refractivity contribution in [1.29, 1.82) is 0 Å². The average molecular weight is 219 g/mol. The lowest BCUT2D eigenvalue weighted by atomic mass is 9.97. The largest absolute Gasteiger partial charge is 0.465 e. The van der Waals surface area contributed by atoms with Gasteiger partial charge in [-0.15, -0.1) is 0 Å². The fourth-order valence-corrected chi connectivity index (χ4v) is 1.26. The Morgan fingerprint density at radius 1 is 1.43 bits per heavy atom. The third-order valence-corrected chi connectivity index (χ3v) is 1.93. The molecule has 1 unspecified atom stereocenters. The van der Waals surface area contributed by atoms with Gasteiger partial charge in [-0.2, -0.15) is 0 Å².